The smallest absolute Gasteiger partial charge is 0.223 e. The van der Waals surface area contributed by atoms with E-state index in [1.807, 2.05) is 0 Å². The minimum absolute atomic E-state index is 0.0300. The fourth-order valence-electron chi connectivity index (χ4n) is 2.45. The van der Waals surface area contributed by atoms with Gasteiger partial charge in [0, 0.05) is 23.0 Å². The van der Waals surface area contributed by atoms with E-state index in [1.54, 1.807) is 12.1 Å². The number of hydrogen-bond acceptors (Lipinski definition) is 2. The van der Waals surface area contributed by atoms with Crippen LogP contribution in [-0.2, 0) is 11.2 Å². The summed E-state index contributed by atoms with van der Waals surface area (Å²) >= 11 is 3.31. The minimum atomic E-state index is -0.236. The summed E-state index contributed by atoms with van der Waals surface area (Å²) in [5.41, 5.74) is 6.39. The molecule has 0 spiro atoms. The number of nitrogens with one attached hydrogen (secondary N) is 1. The third-order valence-electron chi connectivity index (χ3n) is 3.55. The molecule has 0 bridgehead atoms. The molecular formula is C14H18BrFN2O. The van der Waals surface area contributed by atoms with Crippen LogP contribution >= 0.6 is 15.9 Å². The highest BCUT2D eigenvalue weighted by Gasteiger charge is 2.27. The van der Waals surface area contributed by atoms with Crippen LogP contribution in [0.3, 0.4) is 0 Å². The van der Waals surface area contributed by atoms with E-state index in [0.29, 0.717) is 18.5 Å². The second-order valence-corrected chi connectivity index (χ2v) is 5.96. The van der Waals surface area contributed by atoms with E-state index in [0.717, 1.165) is 23.7 Å². The van der Waals surface area contributed by atoms with Gasteiger partial charge >= 0.3 is 0 Å². The van der Waals surface area contributed by atoms with Gasteiger partial charge in [-0.25, -0.2) is 4.39 Å². The molecule has 104 valence electrons. The van der Waals surface area contributed by atoms with Crippen molar-refractivity contribution in [3.8, 4) is 0 Å². The number of amides is 1. The first kappa shape index (κ1) is 14.5. The highest BCUT2D eigenvalue weighted by atomic mass is 79.9. The summed E-state index contributed by atoms with van der Waals surface area (Å²) in [6, 6.07) is 4.99. The summed E-state index contributed by atoms with van der Waals surface area (Å²) in [7, 11) is 0. The molecule has 0 aliphatic heterocycles. The molecule has 2 unspecified atom stereocenters. The third-order valence-corrected chi connectivity index (χ3v) is 4.04. The number of nitrogens with two attached hydrogens (primary N) is 1. The molecule has 1 aromatic carbocycles. The Morgan fingerprint density at radius 1 is 1.47 bits per heavy atom. The SMILES string of the molecule is NC1CCC(C(=O)NCCc2cc(Br)ccc2F)C1. The quantitative estimate of drug-likeness (QED) is 0.891. The number of benzene rings is 1. The highest BCUT2D eigenvalue weighted by Crippen LogP contribution is 2.24. The maximum absolute atomic E-state index is 13.5. The van der Waals surface area contributed by atoms with Crippen molar-refractivity contribution in [3.05, 3.63) is 34.1 Å². The van der Waals surface area contributed by atoms with E-state index in [2.05, 4.69) is 21.2 Å². The van der Waals surface area contributed by atoms with Gasteiger partial charge in [-0.3, -0.25) is 4.79 Å². The van der Waals surface area contributed by atoms with E-state index in [1.165, 1.54) is 6.07 Å². The monoisotopic (exact) mass is 328 g/mol. The van der Waals surface area contributed by atoms with Crippen molar-refractivity contribution in [2.45, 2.75) is 31.7 Å². The number of carbonyl (C=O) groups excluding carboxylic acids is 1. The fourth-order valence-corrected chi connectivity index (χ4v) is 2.86. The first-order chi connectivity index (χ1) is 9.06. The van der Waals surface area contributed by atoms with Crippen LogP contribution in [0.25, 0.3) is 0 Å². The van der Waals surface area contributed by atoms with Gasteiger partial charge in [-0.05, 0) is 49.4 Å². The summed E-state index contributed by atoms with van der Waals surface area (Å²) in [6.07, 6.45) is 3.03. The van der Waals surface area contributed by atoms with Crippen LogP contribution in [0.5, 0.6) is 0 Å². The molecule has 5 heteroatoms. The van der Waals surface area contributed by atoms with Gasteiger partial charge in [-0.2, -0.15) is 0 Å². The summed E-state index contributed by atoms with van der Waals surface area (Å²) in [6.45, 7) is 0.456. The highest BCUT2D eigenvalue weighted by molar-refractivity contribution is 9.10. The molecule has 19 heavy (non-hydrogen) atoms. The zero-order valence-electron chi connectivity index (χ0n) is 10.7. The minimum Gasteiger partial charge on any atom is -0.356 e. The Kier molecular flexibility index (Phi) is 4.93. The largest absolute Gasteiger partial charge is 0.356 e. The van der Waals surface area contributed by atoms with Crippen molar-refractivity contribution < 1.29 is 9.18 Å². The Morgan fingerprint density at radius 2 is 2.26 bits per heavy atom. The standard InChI is InChI=1S/C14H18BrFN2O/c15-11-2-4-13(16)9(7-11)5-6-18-14(19)10-1-3-12(17)8-10/h2,4,7,10,12H,1,3,5-6,8,17H2,(H,18,19). The van der Waals surface area contributed by atoms with Gasteiger partial charge < -0.3 is 11.1 Å². The molecular weight excluding hydrogens is 311 g/mol. The second kappa shape index (κ2) is 6.48. The average Bonchev–Trinajstić information content (AvgIpc) is 2.80. The Labute approximate surface area is 120 Å². The molecule has 1 fully saturated rings. The van der Waals surface area contributed by atoms with E-state index < -0.39 is 0 Å². The molecule has 1 aliphatic carbocycles. The van der Waals surface area contributed by atoms with E-state index in [-0.39, 0.29) is 23.7 Å². The van der Waals surface area contributed by atoms with Crippen molar-refractivity contribution in [3.63, 3.8) is 0 Å². The van der Waals surface area contributed by atoms with Gasteiger partial charge in [0.25, 0.3) is 0 Å². The second-order valence-electron chi connectivity index (χ2n) is 5.05. The number of hydrogen-bond donors (Lipinski definition) is 2. The van der Waals surface area contributed by atoms with Crippen LogP contribution in [0, 0.1) is 11.7 Å². The maximum atomic E-state index is 13.5. The maximum Gasteiger partial charge on any atom is 0.223 e. The van der Waals surface area contributed by atoms with Crippen LogP contribution in [-0.4, -0.2) is 18.5 Å². The van der Waals surface area contributed by atoms with Crippen molar-refractivity contribution in [2.24, 2.45) is 11.7 Å². The first-order valence-electron chi connectivity index (χ1n) is 6.53. The molecule has 3 N–H and O–H groups in total. The Hall–Kier alpha value is -0.940. The molecule has 0 aromatic heterocycles. The van der Waals surface area contributed by atoms with Crippen LogP contribution in [0.2, 0.25) is 0 Å². The molecule has 2 atom stereocenters. The molecule has 1 aliphatic rings. The van der Waals surface area contributed by atoms with Gasteiger partial charge in [0.15, 0.2) is 0 Å². The van der Waals surface area contributed by atoms with Crippen LogP contribution in [0.15, 0.2) is 22.7 Å². The molecule has 1 amide bonds. The number of carbonyl (C=O) groups is 1. The average molecular weight is 329 g/mol. The molecule has 1 saturated carbocycles. The third kappa shape index (κ3) is 4.01. The predicted octanol–water partition coefficient (Wildman–Crippen LogP) is 2.37. The summed E-state index contributed by atoms with van der Waals surface area (Å²) in [5.74, 6) is -0.161. The van der Waals surface area contributed by atoms with Crippen molar-refractivity contribution in [1.29, 1.82) is 0 Å². The summed E-state index contributed by atoms with van der Waals surface area (Å²) < 4.78 is 14.3. The van der Waals surface area contributed by atoms with Crippen molar-refractivity contribution in [1.82, 2.24) is 5.32 Å². The molecule has 2 rings (SSSR count). The molecule has 1 aromatic rings. The summed E-state index contributed by atoms with van der Waals surface area (Å²) in [4.78, 5) is 11.9. The molecule has 0 heterocycles. The van der Waals surface area contributed by atoms with Crippen LogP contribution in [0.1, 0.15) is 24.8 Å². The lowest BCUT2D eigenvalue weighted by molar-refractivity contribution is -0.124. The van der Waals surface area contributed by atoms with Crippen LogP contribution < -0.4 is 11.1 Å². The fraction of sp³-hybridized carbons (Fsp3) is 0.500. The molecule has 0 saturated heterocycles. The van der Waals surface area contributed by atoms with Crippen LogP contribution in [0.4, 0.5) is 4.39 Å². The van der Waals surface area contributed by atoms with E-state index in [9.17, 15) is 9.18 Å². The zero-order chi connectivity index (χ0) is 13.8. The van der Waals surface area contributed by atoms with Crippen molar-refractivity contribution in [2.75, 3.05) is 6.54 Å². The molecule has 3 nitrogen and oxygen atoms in total. The Morgan fingerprint density at radius 3 is 2.95 bits per heavy atom. The van der Waals surface area contributed by atoms with Gasteiger partial charge in [-0.15, -0.1) is 0 Å². The van der Waals surface area contributed by atoms with E-state index in [4.69, 9.17) is 5.73 Å². The Balaban J connectivity index is 1.80. The number of rotatable bonds is 4. The molecule has 0 radical (unpaired) electrons. The van der Waals surface area contributed by atoms with Gasteiger partial charge in [0.2, 0.25) is 5.91 Å². The van der Waals surface area contributed by atoms with Crippen molar-refractivity contribution >= 4 is 21.8 Å². The summed E-state index contributed by atoms with van der Waals surface area (Å²) in [5, 5.41) is 2.86. The predicted molar refractivity (Wildman–Crippen MR) is 76.1 cm³/mol. The normalized spacial score (nSPS) is 22.5. The van der Waals surface area contributed by atoms with Gasteiger partial charge in [0.1, 0.15) is 5.82 Å². The van der Waals surface area contributed by atoms with E-state index >= 15 is 0 Å². The van der Waals surface area contributed by atoms with Gasteiger partial charge in [0.05, 0.1) is 0 Å². The van der Waals surface area contributed by atoms with Gasteiger partial charge in [-0.1, -0.05) is 15.9 Å². The lowest BCUT2D eigenvalue weighted by Crippen LogP contribution is -2.32. The number of halogens is 2. The lowest BCUT2D eigenvalue weighted by atomic mass is 10.1. The lowest BCUT2D eigenvalue weighted by Gasteiger charge is -2.11. The first-order valence-corrected chi connectivity index (χ1v) is 7.33. The zero-order valence-corrected chi connectivity index (χ0v) is 12.2. The Bertz CT molecular complexity index is 467. The topological polar surface area (TPSA) is 55.1 Å².